The number of carbonyl (C=O) groups is 2. The van der Waals surface area contributed by atoms with E-state index < -0.39 is 53.5 Å². The van der Waals surface area contributed by atoms with E-state index in [9.17, 15) is 35.1 Å². The van der Waals surface area contributed by atoms with Crippen LogP contribution in [0.1, 0.15) is 130 Å². The number of H-pyrrole nitrogens is 1. The summed E-state index contributed by atoms with van der Waals surface area (Å²) in [7, 11) is 0. The van der Waals surface area contributed by atoms with Crippen LogP contribution in [0.5, 0.6) is 0 Å². The molecule has 0 radical (unpaired) electrons. The maximum atomic E-state index is 13.2. The normalized spacial score (nSPS) is 45.8. The molecule has 7 rings (SSSR count). The van der Waals surface area contributed by atoms with E-state index in [2.05, 4.69) is 71.9 Å². The molecule has 6 N–H and O–H groups in total. The third-order valence-corrected chi connectivity index (χ3v) is 17.0. The van der Waals surface area contributed by atoms with Crippen LogP contribution in [0.25, 0.3) is 0 Å². The second-order valence-electron chi connectivity index (χ2n) is 20.0. The highest BCUT2D eigenvalue weighted by Crippen LogP contribution is 2.76. The quantitative estimate of drug-likeness (QED) is 0.126. The van der Waals surface area contributed by atoms with Crippen LogP contribution in [0.4, 0.5) is 0 Å². The molecule has 0 unspecified atom stereocenters. The Labute approximate surface area is 315 Å². The summed E-state index contributed by atoms with van der Waals surface area (Å²) in [5, 5.41) is 52.4. The molecule has 4 saturated carbocycles. The van der Waals surface area contributed by atoms with Gasteiger partial charge in [-0.05, 0) is 139 Å². The second-order valence-corrected chi connectivity index (χ2v) is 20.0. The number of rotatable bonds is 8. The van der Waals surface area contributed by atoms with Gasteiger partial charge in [-0.3, -0.25) is 4.79 Å². The number of hydrogen-bond donors (Lipinski definition) is 6. The van der Waals surface area contributed by atoms with Gasteiger partial charge in [0.1, 0.15) is 18.3 Å². The molecule has 10 nitrogen and oxygen atoms in total. The summed E-state index contributed by atoms with van der Waals surface area (Å²) in [5.41, 5.74) is 2.94. The highest BCUT2D eigenvalue weighted by Gasteiger charge is 2.70. The molecule has 0 amide bonds. The average Bonchev–Trinajstić information content (AvgIpc) is 3.56. The Bertz CT molecular complexity index is 1620. The number of hydrogen-bond acceptors (Lipinski definition) is 7. The van der Waals surface area contributed by atoms with Gasteiger partial charge in [-0.1, -0.05) is 60.1 Å². The highest BCUT2D eigenvalue weighted by atomic mass is 16.7. The lowest BCUT2D eigenvalue weighted by Crippen LogP contribution is -2.67. The molecular weight excluding hydrogens is 674 g/mol. The van der Waals surface area contributed by atoms with E-state index in [1.807, 2.05) is 0 Å². The lowest BCUT2D eigenvalue weighted by molar-refractivity contribution is -0.325. The Morgan fingerprint density at radius 3 is 2.25 bits per heavy atom. The maximum Gasteiger partial charge on any atom is 0.335 e. The van der Waals surface area contributed by atoms with E-state index in [1.165, 1.54) is 16.7 Å². The first-order valence-electron chi connectivity index (χ1n) is 20.4. The fourth-order valence-electron chi connectivity index (χ4n) is 13.7. The third-order valence-electron chi connectivity index (χ3n) is 17.0. The number of carboxylic acids is 2. The molecule has 2 heterocycles. The van der Waals surface area contributed by atoms with Crippen LogP contribution in [0.15, 0.2) is 24.0 Å². The summed E-state index contributed by atoms with van der Waals surface area (Å²) in [6.07, 6.45) is 9.91. The maximum absolute atomic E-state index is 13.2. The number of aliphatic hydroxyl groups excluding tert-OH is 3. The summed E-state index contributed by atoms with van der Waals surface area (Å²) in [6.45, 7) is 16.3. The van der Waals surface area contributed by atoms with Crippen molar-refractivity contribution in [2.75, 3.05) is 0 Å². The Morgan fingerprint density at radius 1 is 0.868 bits per heavy atom. The molecule has 0 spiro atoms. The molecule has 10 heteroatoms. The predicted octanol–water partition coefficient (Wildman–Crippen LogP) is 6.65. The molecule has 0 aromatic carbocycles. The van der Waals surface area contributed by atoms with E-state index in [4.69, 9.17) is 9.47 Å². The molecule has 1 aromatic heterocycles. The molecular formula is C43H65NO9. The van der Waals surface area contributed by atoms with Gasteiger partial charge < -0.3 is 40.0 Å². The summed E-state index contributed by atoms with van der Waals surface area (Å²) in [6, 6.07) is 0. The summed E-state index contributed by atoms with van der Waals surface area (Å²) in [4.78, 5) is 28.4. The van der Waals surface area contributed by atoms with Crippen LogP contribution in [-0.4, -0.2) is 79.3 Å². The van der Waals surface area contributed by atoms with Gasteiger partial charge in [0.25, 0.3) is 0 Å². The van der Waals surface area contributed by atoms with Crippen LogP contribution in [0.3, 0.4) is 0 Å². The number of ether oxygens (including phenoxy) is 2. The van der Waals surface area contributed by atoms with E-state index in [-0.39, 0.29) is 39.6 Å². The van der Waals surface area contributed by atoms with Crippen LogP contribution >= 0.6 is 0 Å². The highest BCUT2D eigenvalue weighted by molar-refractivity contribution is 5.76. The molecule has 53 heavy (non-hydrogen) atoms. The van der Waals surface area contributed by atoms with Crippen molar-refractivity contribution in [2.45, 2.75) is 169 Å². The number of fused-ring (bicyclic) bond motifs is 7. The van der Waals surface area contributed by atoms with E-state index in [1.54, 1.807) is 0 Å². The van der Waals surface area contributed by atoms with Crippen LogP contribution < -0.4 is 0 Å². The molecule has 1 aromatic rings. The number of nitrogens with one attached hydrogen (secondary N) is 1. The van der Waals surface area contributed by atoms with Crippen molar-refractivity contribution >= 4 is 11.9 Å². The Balaban J connectivity index is 1.26. The molecule has 5 aliphatic carbocycles. The fraction of sp³-hybridized carbons (Fsp3) is 0.814. The molecule has 5 fully saturated rings. The zero-order valence-electron chi connectivity index (χ0n) is 33.0. The van der Waals surface area contributed by atoms with Crippen molar-refractivity contribution in [2.24, 2.45) is 50.2 Å². The van der Waals surface area contributed by atoms with Gasteiger partial charge in [-0.25, -0.2) is 4.79 Å². The van der Waals surface area contributed by atoms with Crippen molar-refractivity contribution in [3.05, 3.63) is 35.2 Å². The minimum absolute atomic E-state index is 0.0347. The van der Waals surface area contributed by atoms with E-state index in [0.29, 0.717) is 12.3 Å². The minimum atomic E-state index is -1.77. The van der Waals surface area contributed by atoms with Crippen molar-refractivity contribution < 1.29 is 44.6 Å². The van der Waals surface area contributed by atoms with Crippen molar-refractivity contribution in [1.82, 2.24) is 4.98 Å². The van der Waals surface area contributed by atoms with Crippen molar-refractivity contribution in [3.8, 4) is 0 Å². The Morgan fingerprint density at radius 2 is 1.57 bits per heavy atom. The van der Waals surface area contributed by atoms with Gasteiger partial charge in [0.05, 0.1) is 11.5 Å². The van der Waals surface area contributed by atoms with Gasteiger partial charge in [0.2, 0.25) is 0 Å². The molecule has 13 atom stereocenters. The average molecular weight is 740 g/mol. The smallest absolute Gasteiger partial charge is 0.335 e. The topological polar surface area (TPSA) is 170 Å². The lowest BCUT2D eigenvalue weighted by Gasteiger charge is -2.72. The molecule has 0 bridgehead atoms. The Kier molecular flexibility index (Phi) is 9.70. The van der Waals surface area contributed by atoms with Crippen LogP contribution in [0.2, 0.25) is 0 Å². The van der Waals surface area contributed by atoms with Crippen molar-refractivity contribution in [3.63, 3.8) is 0 Å². The molecule has 6 aliphatic rings. The van der Waals surface area contributed by atoms with Gasteiger partial charge >= 0.3 is 11.9 Å². The third kappa shape index (κ3) is 5.73. The van der Waals surface area contributed by atoms with Gasteiger partial charge in [0, 0.05) is 12.4 Å². The first kappa shape index (κ1) is 39.0. The van der Waals surface area contributed by atoms with E-state index >= 15 is 0 Å². The van der Waals surface area contributed by atoms with Gasteiger partial charge in [-0.2, -0.15) is 0 Å². The number of aromatic amines is 1. The number of carboxylic acid groups (broad SMARTS) is 2. The van der Waals surface area contributed by atoms with Crippen LogP contribution in [0, 0.1) is 50.2 Å². The lowest BCUT2D eigenvalue weighted by atomic mass is 9.33. The predicted molar refractivity (Wildman–Crippen MR) is 199 cm³/mol. The Hall–Kier alpha value is -2.24. The van der Waals surface area contributed by atoms with E-state index in [0.717, 1.165) is 77.0 Å². The number of aliphatic carboxylic acids is 2. The largest absolute Gasteiger partial charge is 0.481 e. The second kappa shape index (κ2) is 13.2. The summed E-state index contributed by atoms with van der Waals surface area (Å²) >= 11 is 0. The molecule has 296 valence electrons. The SMILES string of the molecule is CCc1c[nH]cc1CC[C@]12CC[C@H](O[C@@H]3O[C@H](C(=O)O)[C@@H](O)[C@H](O)[C@H]3O)C(C)(C)[C@@H]1CC[C@]1(C)[C@@H]2CC=C2[C@@H]3CC(C)(C)CC[C@]3(C(=O)O)CC[C@]21C. The minimum Gasteiger partial charge on any atom is -0.481 e. The number of aromatic nitrogens is 1. The monoisotopic (exact) mass is 739 g/mol. The number of allylic oxidation sites excluding steroid dienone is 2. The first-order valence-corrected chi connectivity index (χ1v) is 20.4. The zero-order chi connectivity index (χ0) is 38.5. The van der Waals surface area contributed by atoms with Gasteiger partial charge in [0.15, 0.2) is 12.4 Å². The fourth-order valence-corrected chi connectivity index (χ4v) is 13.7. The standard InChI is InChI=1S/C43H65NO9/c1-8-24-22-44-23-25(24)11-15-43-16-13-30(52-36-33(47)31(45)32(46)34(53-36)35(48)49)39(4,5)28(43)12-14-41(7)29(43)10-9-26-27-21-38(2,3)17-19-42(27,37(50)51)20-18-40(26,41)6/h9,22-23,27-34,36,44-47H,8,10-21H2,1-7H3,(H,48,49)(H,50,51)/t27-,28-,29-,30-,31-,32-,33+,34-,36+,40+,41+,42-,43-/m0/s1. The zero-order valence-corrected chi connectivity index (χ0v) is 33.0. The molecule has 1 aliphatic heterocycles. The number of aryl methyl sites for hydroxylation is 2. The van der Waals surface area contributed by atoms with Crippen LogP contribution in [-0.2, 0) is 31.9 Å². The van der Waals surface area contributed by atoms with Gasteiger partial charge in [-0.15, -0.1) is 0 Å². The summed E-state index contributed by atoms with van der Waals surface area (Å²) < 4.78 is 12.2. The summed E-state index contributed by atoms with van der Waals surface area (Å²) in [5.74, 6) is -1.37. The first-order chi connectivity index (χ1) is 24.8. The molecule has 1 saturated heterocycles. The number of aliphatic hydroxyl groups is 3. The van der Waals surface area contributed by atoms with Crippen molar-refractivity contribution in [1.29, 1.82) is 0 Å².